The molecule has 2 unspecified atom stereocenters. The zero-order chi connectivity index (χ0) is 17.9. The van der Waals surface area contributed by atoms with Gasteiger partial charge in [0.2, 0.25) is 5.91 Å². The third-order valence-electron chi connectivity index (χ3n) is 4.66. The van der Waals surface area contributed by atoms with E-state index >= 15 is 0 Å². The first-order valence-corrected chi connectivity index (χ1v) is 9.82. The molecule has 148 valence electrons. The Morgan fingerprint density at radius 1 is 1.20 bits per heavy atom. The quantitative estimate of drug-likeness (QED) is 0.293. The van der Waals surface area contributed by atoms with Crippen LogP contribution in [0.5, 0.6) is 0 Å². The van der Waals surface area contributed by atoms with Crippen molar-refractivity contribution < 1.29 is 4.79 Å². The monoisotopic (exact) mass is 466 g/mol. The maximum absolute atomic E-state index is 11.9. The molecular weight excluding hydrogens is 427 g/mol. The van der Waals surface area contributed by atoms with Crippen LogP contribution in [0.1, 0.15) is 73.1 Å². The van der Waals surface area contributed by atoms with Gasteiger partial charge in [-0.3, -0.25) is 9.79 Å². The number of rotatable bonds is 10. The molecular formula is C19H39IN4O. The number of hydrogen-bond acceptors (Lipinski definition) is 2. The van der Waals surface area contributed by atoms with Gasteiger partial charge in [0.05, 0.1) is 0 Å². The van der Waals surface area contributed by atoms with Gasteiger partial charge in [0.25, 0.3) is 0 Å². The van der Waals surface area contributed by atoms with Crippen LogP contribution in [0.25, 0.3) is 0 Å². The first-order chi connectivity index (χ1) is 11.5. The van der Waals surface area contributed by atoms with Gasteiger partial charge < -0.3 is 15.5 Å². The molecule has 0 radical (unpaired) electrons. The Hall–Kier alpha value is -0.530. The van der Waals surface area contributed by atoms with E-state index in [0.717, 1.165) is 63.6 Å². The van der Waals surface area contributed by atoms with Crippen LogP contribution in [0.15, 0.2) is 4.99 Å². The van der Waals surface area contributed by atoms with Crippen molar-refractivity contribution >= 4 is 35.8 Å². The van der Waals surface area contributed by atoms with Crippen LogP contribution < -0.4 is 10.6 Å². The maximum atomic E-state index is 11.9. The Morgan fingerprint density at radius 3 is 2.44 bits per heavy atom. The molecule has 0 aromatic heterocycles. The summed E-state index contributed by atoms with van der Waals surface area (Å²) < 4.78 is 0. The van der Waals surface area contributed by atoms with E-state index in [9.17, 15) is 4.79 Å². The van der Waals surface area contributed by atoms with E-state index in [-0.39, 0.29) is 24.0 Å². The third-order valence-corrected chi connectivity index (χ3v) is 4.66. The number of carbonyl (C=O) groups is 1. The summed E-state index contributed by atoms with van der Waals surface area (Å²) in [6.45, 7) is 13.5. The second kappa shape index (κ2) is 13.6. The van der Waals surface area contributed by atoms with Crippen LogP contribution >= 0.6 is 24.0 Å². The van der Waals surface area contributed by atoms with Gasteiger partial charge in [0, 0.05) is 38.1 Å². The molecule has 0 aliphatic carbocycles. The molecule has 0 aromatic carbocycles. The minimum Gasteiger partial charge on any atom is -0.357 e. The highest BCUT2D eigenvalue weighted by Crippen LogP contribution is 2.18. The van der Waals surface area contributed by atoms with Gasteiger partial charge in [-0.2, -0.15) is 0 Å². The van der Waals surface area contributed by atoms with Crippen molar-refractivity contribution in [3.8, 4) is 0 Å². The summed E-state index contributed by atoms with van der Waals surface area (Å²) in [6.07, 6.45) is 6.06. The number of hydrogen-bond donors (Lipinski definition) is 2. The molecule has 5 nitrogen and oxygen atoms in total. The maximum Gasteiger partial charge on any atom is 0.222 e. The van der Waals surface area contributed by atoms with E-state index in [2.05, 4.69) is 50.2 Å². The SMILES string of the molecule is CCNC(=NCCC(CC)N1CCCC1=O)NC(C)CCC(C)C.I. The van der Waals surface area contributed by atoms with Crippen LogP contribution in [-0.2, 0) is 4.79 Å². The lowest BCUT2D eigenvalue weighted by Gasteiger charge is -2.26. The lowest BCUT2D eigenvalue weighted by atomic mass is 10.0. The number of aliphatic imine (C=N–C) groups is 1. The second-order valence-corrected chi connectivity index (χ2v) is 7.32. The molecule has 1 aliphatic rings. The summed E-state index contributed by atoms with van der Waals surface area (Å²) in [5.74, 6) is 1.95. The molecule has 25 heavy (non-hydrogen) atoms. The van der Waals surface area contributed by atoms with Gasteiger partial charge in [-0.15, -0.1) is 24.0 Å². The van der Waals surface area contributed by atoms with Gasteiger partial charge in [-0.05, 0) is 51.9 Å². The van der Waals surface area contributed by atoms with Crippen molar-refractivity contribution in [1.82, 2.24) is 15.5 Å². The average molecular weight is 466 g/mol. The first kappa shape index (κ1) is 24.5. The predicted molar refractivity (Wildman–Crippen MR) is 118 cm³/mol. The zero-order valence-corrected chi connectivity index (χ0v) is 19.1. The van der Waals surface area contributed by atoms with Gasteiger partial charge in [-0.25, -0.2) is 0 Å². The molecule has 1 rings (SSSR count). The number of carbonyl (C=O) groups excluding carboxylic acids is 1. The standard InChI is InChI=1S/C19H38N4O.HI/c1-6-17(23-14-8-9-18(23)24)12-13-21-19(20-7-2)22-16(5)11-10-15(3)4;/h15-17H,6-14H2,1-5H3,(H2,20,21,22);1H. The summed E-state index contributed by atoms with van der Waals surface area (Å²) in [7, 11) is 0. The number of halogens is 1. The van der Waals surface area contributed by atoms with Crippen LogP contribution in [0.4, 0.5) is 0 Å². The second-order valence-electron chi connectivity index (χ2n) is 7.32. The molecule has 0 aromatic rings. The number of nitrogens with one attached hydrogen (secondary N) is 2. The van der Waals surface area contributed by atoms with Gasteiger partial charge in [-0.1, -0.05) is 20.8 Å². The van der Waals surface area contributed by atoms with Crippen LogP contribution in [0.3, 0.4) is 0 Å². The van der Waals surface area contributed by atoms with Gasteiger partial charge >= 0.3 is 0 Å². The lowest BCUT2D eigenvalue weighted by Crippen LogP contribution is -2.42. The fourth-order valence-electron chi connectivity index (χ4n) is 3.17. The molecule has 1 aliphatic heterocycles. The largest absolute Gasteiger partial charge is 0.357 e. The number of nitrogens with zero attached hydrogens (tertiary/aromatic N) is 2. The third kappa shape index (κ3) is 9.66. The molecule has 1 amide bonds. The lowest BCUT2D eigenvalue weighted by molar-refractivity contribution is -0.129. The Kier molecular flexibility index (Phi) is 13.4. The van der Waals surface area contributed by atoms with Crippen molar-refractivity contribution in [1.29, 1.82) is 0 Å². The number of guanidine groups is 1. The minimum atomic E-state index is 0. The van der Waals surface area contributed by atoms with E-state index in [1.807, 2.05) is 0 Å². The number of amides is 1. The Labute approximate surface area is 171 Å². The summed E-state index contributed by atoms with van der Waals surface area (Å²) >= 11 is 0. The zero-order valence-electron chi connectivity index (χ0n) is 16.8. The Bertz CT molecular complexity index is 401. The smallest absolute Gasteiger partial charge is 0.222 e. The predicted octanol–water partition coefficient (Wildman–Crippen LogP) is 3.78. The molecule has 1 heterocycles. The molecule has 1 fully saturated rings. The highest BCUT2D eigenvalue weighted by atomic mass is 127. The van der Waals surface area contributed by atoms with E-state index in [0.29, 0.717) is 18.0 Å². The molecule has 1 saturated heterocycles. The fraction of sp³-hybridized carbons (Fsp3) is 0.895. The summed E-state index contributed by atoms with van der Waals surface area (Å²) in [5.41, 5.74) is 0. The van der Waals surface area contributed by atoms with Crippen molar-refractivity contribution in [3.63, 3.8) is 0 Å². The Morgan fingerprint density at radius 2 is 1.92 bits per heavy atom. The topological polar surface area (TPSA) is 56.7 Å². The molecule has 0 bridgehead atoms. The average Bonchev–Trinajstić information content (AvgIpc) is 2.95. The molecule has 2 atom stereocenters. The van der Waals surface area contributed by atoms with E-state index < -0.39 is 0 Å². The Balaban J connectivity index is 0.00000576. The summed E-state index contributed by atoms with van der Waals surface area (Å²) in [5, 5.41) is 6.83. The summed E-state index contributed by atoms with van der Waals surface area (Å²) in [6, 6.07) is 0.761. The highest BCUT2D eigenvalue weighted by molar-refractivity contribution is 14.0. The minimum absolute atomic E-state index is 0. The van der Waals surface area contributed by atoms with Crippen molar-refractivity contribution in [2.75, 3.05) is 19.6 Å². The number of likely N-dealkylation sites (tertiary alicyclic amines) is 1. The van der Waals surface area contributed by atoms with Gasteiger partial charge in [0.15, 0.2) is 5.96 Å². The van der Waals surface area contributed by atoms with Crippen LogP contribution in [-0.4, -0.2) is 48.5 Å². The van der Waals surface area contributed by atoms with Crippen molar-refractivity contribution in [2.24, 2.45) is 10.9 Å². The normalized spacial score (nSPS) is 17.4. The highest BCUT2D eigenvalue weighted by Gasteiger charge is 2.26. The van der Waals surface area contributed by atoms with Crippen LogP contribution in [0.2, 0.25) is 0 Å². The summed E-state index contributed by atoms with van der Waals surface area (Å²) in [4.78, 5) is 18.7. The fourth-order valence-corrected chi connectivity index (χ4v) is 3.17. The van der Waals surface area contributed by atoms with Crippen LogP contribution in [0, 0.1) is 5.92 Å². The molecule has 6 heteroatoms. The van der Waals surface area contributed by atoms with E-state index in [1.54, 1.807) is 0 Å². The van der Waals surface area contributed by atoms with E-state index in [1.165, 1.54) is 6.42 Å². The van der Waals surface area contributed by atoms with Gasteiger partial charge in [0.1, 0.15) is 0 Å². The van der Waals surface area contributed by atoms with Crippen molar-refractivity contribution in [2.45, 2.75) is 85.2 Å². The van der Waals surface area contributed by atoms with Crippen molar-refractivity contribution in [3.05, 3.63) is 0 Å². The first-order valence-electron chi connectivity index (χ1n) is 9.82. The molecule has 2 N–H and O–H groups in total. The molecule has 0 spiro atoms. The molecule has 0 saturated carbocycles. The van der Waals surface area contributed by atoms with E-state index in [4.69, 9.17) is 4.99 Å².